The molecular weight excluding hydrogens is 232 g/mol. The van der Waals surface area contributed by atoms with E-state index in [0.29, 0.717) is 26.1 Å². The summed E-state index contributed by atoms with van der Waals surface area (Å²) < 4.78 is 4.89. The van der Waals surface area contributed by atoms with Crippen molar-refractivity contribution in [1.29, 1.82) is 0 Å². The Hall–Kier alpha value is -1.36. The first-order valence-electron chi connectivity index (χ1n) is 6.20. The van der Waals surface area contributed by atoms with Crippen molar-refractivity contribution in [2.75, 3.05) is 40.3 Å². The molecule has 5 heteroatoms. The number of nitrogens with zero attached hydrogens (tertiary/aromatic N) is 2. The van der Waals surface area contributed by atoms with Crippen LogP contribution >= 0.6 is 0 Å². The molecule has 0 spiro atoms. The predicted octanol–water partition coefficient (Wildman–Crippen LogP) is 0.906. The van der Waals surface area contributed by atoms with Crippen molar-refractivity contribution in [1.82, 2.24) is 9.80 Å². The van der Waals surface area contributed by atoms with Crippen LogP contribution in [-0.2, 0) is 14.3 Å². The van der Waals surface area contributed by atoms with Gasteiger partial charge in [-0.05, 0) is 19.9 Å². The maximum absolute atomic E-state index is 11.4. The highest BCUT2D eigenvalue weighted by Crippen LogP contribution is 1.99. The van der Waals surface area contributed by atoms with Gasteiger partial charge >= 0.3 is 5.97 Å². The number of carbonyl (C=O) groups excluding carboxylic acids is 2. The molecule has 0 heterocycles. The van der Waals surface area contributed by atoms with Crippen LogP contribution in [0, 0.1) is 0 Å². The molecule has 0 rings (SSSR count). The van der Waals surface area contributed by atoms with Gasteiger partial charge in [-0.25, -0.2) is 0 Å². The molecule has 0 saturated heterocycles. The molecule has 0 saturated carbocycles. The first-order chi connectivity index (χ1) is 8.51. The largest absolute Gasteiger partial charge is 0.465 e. The van der Waals surface area contributed by atoms with E-state index in [1.54, 1.807) is 32.0 Å². The van der Waals surface area contributed by atoms with E-state index in [0.717, 1.165) is 6.42 Å². The van der Waals surface area contributed by atoms with Gasteiger partial charge in [0.05, 0.1) is 13.2 Å². The van der Waals surface area contributed by atoms with Crippen molar-refractivity contribution in [3.63, 3.8) is 0 Å². The molecule has 0 radical (unpaired) electrons. The van der Waals surface area contributed by atoms with Gasteiger partial charge in [-0.3, -0.25) is 14.5 Å². The third-order valence-corrected chi connectivity index (χ3v) is 2.41. The fourth-order valence-electron chi connectivity index (χ4n) is 1.48. The van der Waals surface area contributed by atoms with E-state index in [1.165, 1.54) is 0 Å². The second kappa shape index (κ2) is 9.65. The summed E-state index contributed by atoms with van der Waals surface area (Å²) in [4.78, 5) is 26.3. The zero-order valence-electron chi connectivity index (χ0n) is 11.6. The molecule has 18 heavy (non-hydrogen) atoms. The summed E-state index contributed by atoms with van der Waals surface area (Å²) >= 11 is 0. The normalized spacial score (nSPS) is 10.2. The number of rotatable bonds is 9. The Labute approximate surface area is 109 Å². The van der Waals surface area contributed by atoms with E-state index >= 15 is 0 Å². The molecule has 0 atom stereocenters. The quantitative estimate of drug-likeness (QED) is 0.454. The van der Waals surface area contributed by atoms with Gasteiger partial charge in [-0.15, -0.1) is 6.58 Å². The van der Waals surface area contributed by atoms with Crippen LogP contribution in [-0.4, -0.2) is 62.0 Å². The topological polar surface area (TPSA) is 49.9 Å². The van der Waals surface area contributed by atoms with Crippen LogP contribution in [0.5, 0.6) is 0 Å². The summed E-state index contributed by atoms with van der Waals surface area (Å²) in [5, 5.41) is 0. The minimum absolute atomic E-state index is 0.102. The van der Waals surface area contributed by atoms with Crippen LogP contribution < -0.4 is 0 Å². The Balaban J connectivity index is 4.00. The third kappa shape index (κ3) is 7.84. The number of hydrogen-bond acceptors (Lipinski definition) is 4. The minimum Gasteiger partial charge on any atom is -0.465 e. The Bertz CT molecular complexity index is 277. The van der Waals surface area contributed by atoms with Crippen LogP contribution in [0.3, 0.4) is 0 Å². The van der Waals surface area contributed by atoms with E-state index in [2.05, 4.69) is 6.58 Å². The van der Waals surface area contributed by atoms with E-state index in [1.807, 2.05) is 4.90 Å². The summed E-state index contributed by atoms with van der Waals surface area (Å²) in [7, 11) is 3.48. The molecule has 5 nitrogen and oxygen atoms in total. The predicted molar refractivity (Wildman–Crippen MR) is 71.2 cm³/mol. The van der Waals surface area contributed by atoms with Gasteiger partial charge < -0.3 is 9.64 Å². The van der Waals surface area contributed by atoms with Crippen molar-refractivity contribution in [3.8, 4) is 0 Å². The second-order valence-corrected chi connectivity index (χ2v) is 4.22. The Morgan fingerprint density at radius 3 is 2.50 bits per heavy atom. The lowest BCUT2D eigenvalue weighted by atomic mass is 10.2. The van der Waals surface area contributed by atoms with E-state index in [4.69, 9.17) is 4.74 Å². The summed E-state index contributed by atoms with van der Waals surface area (Å²) in [6.07, 6.45) is 2.96. The number of ether oxygens (including phenoxy) is 1. The fraction of sp³-hybridized carbons (Fsp3) is 0.692. The zero-order valence-corrected chi connectivity index (χ0v) is 11.6. The van der Waals surface area contributed by atoms with Gasteiger partial charge in [-0.1, -0.05) is 6.08 Å². The highest BCUT2D eigenvalue weighted by atomic mass is 16.5. The molecular formula is C13H24N2O3. The van der Waals surface area contributed by atoms with Gasteiger partial charge in [0.25, 0.3) is 0 Å². The van der Waals surface area contributed by atoms with Gasteiger partial charge in [0, 0.05) is 27.1 Å². The Morgan fingerprint density at radius 2 is 2.00 bits per heavy atom. The minimum atomic E-state index is -0.238. The smallest absolute Gasteiger partial charge is 0.320 e. The molecule has 0 N–H and O–H groups in total. The number of esters is 1. The average Bonchev–Trinajstić information content (AvgIpc) is 2.29. The second-order valence-electron chi connectivity index (χ2n) is 4.22. The highest BCUT2D eigenvalue weighted by molar-refractivity contribution is 5.75. The summed E-state index contributed by atoms with van der Waals surface area (Å²) in [6, 6.07) is 0. The molecule has 0 aromatic rings. The molecule has 0 aliphatic heterocycles. The average molecular weight is 256 g/mol. The van der Waals surface area contributed by atoms with Crippen LogP contribution in [0.2, 0.25) is 0 Å². The lowest BCUT2D eigenvalue weighted by molar-refractivity contribution is -0.144. The monoisotopic (exact) mass is 256 g/mol. The third-order valence-electron chi connectivity index (χ3n) is 2.41. The van der Waals surface area contributed by atoms with Crippen LogP contribution in [0.25, 0.3) is 0 Å². The first-order valence-corrected chi connectivity index (χ1v) is 6.20. The standard InChI is InChI=1S/C13H24N2O3/c1-5-9-15(11-13(17)18-6-2)10-7-8-12(16)14(3)4/h5H,1,6-11H2,2-4H3. The molecule has 0 aromatic carbocycles. The van der Waals surface area contributed by atoms with Crippen molar-refractivity contribution >= 4 is 11.9 Å². The van der Waals surface area contributed by atoms with Gasteiger partial charge in [-0.2, -0.15) is 0 Å². The van der Waals surface area contributed by atoms with Crippen molar-refractivity contribution < 1.29 is 14.3 Å². The molecule has 1 amide bonds. The lowest BCUT2D eigenvalue weighted by Gasteiger charge is -2.19. The summed E-state index contributed by atoms with van der Waals surface area (Å²) in [5.74, 6) is -0.136. The zero-order chi connectivity index (χ0) is 14.0. The van der Waals surface area contributed by atoms with Crippen molar-refractivity contribution in [2.45, 2.75) is 19.8 Å². The molecule has 0 unspecified atom stereocenters. The van der Waals surface area contributed by atoms with Gasteiger partial charge in [0.1, 0.15) is 0 Å². The highest BCUT2D eigenvalue weighted by Gasteiger charge is 2.11. The van der Waals surface area contributed by atoms with Gasteiger partial charge in [0.2, 0.25) is 5.91 Å². The van der Waals surface area contributed by atoms with E-state index < -0.39 is 0 Å². The first kappa shape index (κ1) is 16.6. The molecule has 0 aliphatic carbocycles. The number of hydrogen-bond donors (Lipinski definition) is 0. The molecule has 0 bridgehead atoms. The fourth-order valence-corrected chi connectivity index (χ4v) is 1.48. The van der Waals surface area contributed by atoms with E-state index in [-0.39, 0.29) is 18.4 Å². The molecule has 0 aromatic heterocycles. The Kier molecular flexibility index (Phi) is 8.92. The lowest BCUT2D eigenvalue weighted by Crippen LogP contribution is -2.33. The van der Waals surface area contributed by atoms with Crippen LogP contribution in [0.15, 0.2) is 12.7 Å². The van der Waals surface area contributed by atoms with Crippen LogP contribution in [0.4, 0.5) is 0 Å². The maximum Gasteiger partial charge on any atom is 0.320 e. The SMILES string of the molecule is C=CCN(CCCC(=O)N(C)C)CC(=O)OCC. The van der Waals surface area contributed by atoms with Crippen molar-refractivity contribution in [2.24, 2.45) is 0 Å². The summed E-state index contributed by atoms with van der Waals surface area (Å²) in [6.45, 7) is 7.38. The number of carbonyl (C=O) groups is 2. The molecule has 0 fully saturated rings. The molecule has 104 valence electrons. The Morgan fingerprint density at radius 1 is 1.33 bits per heavy atom. The number of amides is 1. The van der Waals surface area contributed by atoms with Crippen molar-refractivity contribution in [3.05, 3.63) is 12.7 Å². The van der Waals surface area contributed by atoms with E-state index in [9.17, 15) is 9.59 Å². The van der Waals surface area contributed by atoms with Gasteiger partial charge in [0.15, 0.2) is 0 Å². The maximum atomic E-state index is 11.4. The molecule has 0 aliphatic rings. The van der Waals surface area contributed by atoms with Crippen LogP contribution in [0.1, 0.15) is 19.8 Å². The summed E-state index contributed by atoms with van der Waals surface area (Å²) in [5.41, 5.74) is 0.